The van der Waals surface area contributed by atoms with Crippen LogP contribution in [0.3, 0.4) is 0 Å². The van der Waals surface area contributed by atoms with Gasteiger partial charge in [0.05, 0.1) is 13.0 Å². The Kier molecular flexibility index (Phi) is 11.3. The van der Waals surface area contributed by atoms with Crippen molar-refractivity contribution < 1.29 is 14.4 Å². The summed E-state index contributed by atoms with van der Waals surface area (Å²) in [6, 6.07) is 36.2. The van der Waals surface area contributed by atoms with E-state index >= 15 is 0 Å². The van der Waals surface area contributed by atoms with Gasteiger partial charge in [-0.25, -0.2) is 0 Å². The standard InChI is InChI=1S/C44H45BN6O3/c1-3-24-50(39(52)26-30-11-6-4-7-12-30)29-38-48-41(42(49-38)44(54)46-2)35-22-18-33(19-23-35)32-16-20-34(21-17-32)36-28-45-43(47-36)37-15-10-25-51(37)40(53)27-31-13-8-5-9-14-31/h4-9,11-14,16-23,28,37,47H,3,10,15,24-27,29H2,1-2H3,(H,46,54)(H,48,49). The molecule has 4 aromatic carbocycles. The summed E-state index contributed by atoms with van der Waals surface area (Å²) in [6.45, 7) is 5.80. The number of hydrogen-bond acceptors (Lipinski definition) is 4. The third-order valence-corrected chi connectivity index (χ3v) is 10.1. The van der Waals surface area contributed by atoms with Crippen LogP contribution in [0, 0.1) is 0 Å². The Morgan fingerprint density at radius 1 is 0.815 bits per heavy atom. The van der Waals surface area contributed by atoms with Crippen molar-refractivity contribution in [2.45, 2.75) is 51.6 Å². The van der Waals surface area contributed by atoms with Gasteiger partial charge in [0.2, 0.25) is 5.91 Å². The van der Waals surface area contributed by atoms with Crippen LogP contribution in [0.4, 0.5) is 0 Å². The minimum atomic E-state index is -0.270. The molecule has 9 nitrogen and oxygen atoms in total. The van der Waals surface area contributed by atoms with Crippen molar-refractivity contribution in [1.29, 1.82) is 0 Å². The van der Waals surface area contributed by atoms with Gasteiger partial charge in [0, 0.05) is 13.6 Å². The van der Waals surface area contributed by atoms with E-state index in [0.717, 1.165) is 70.5 Å². The molecule has 3 amide bonds. The number of benzene rings is 4. The van der Waals surface area contributed by atoms with Crippen LogP contribution in [0.25, 0.3) is 33.6 Å². The normalized spacial score (nSPS) is 13.8. The molecule has 6 aromatic rings. The first-order chi connectivity index (χ1) is 26.4. The molecule has 2 aromatic heterocycles. The average molecular weight is 717 g/mol. The van der Waals surface area contributed by atoms with E-state index in [9.17, 15) is 14.4 Å². The summed E-state index contributed by atoms with van der Waals surface area (Å²) >= 11 is 0. The molecule has 1 aliphatic heterocycles. The molecular weight excluding hydrogens is 671 g/mol. The van der Waals surface area contributed by atoms with Gasteiger partial charge in [-0.05, 0) is 12.0 Å². The zero-order valence-electron chi connectivity index (χ0n) is 30.8. The van der Waals surface area contributed by atoms with Gasteiger partial charge in [-0.3, -0.25) is 9.59 Å². The van der Waals surface area contributed by atoms with Gasteiger partial charge in [-0.15, -0.1) is 0 Å². The van der Waals surface area contributed by atoms with Crippen molar-refractivity contribution >= 4 is 24.6 Å². The number of imidazole rings is 1. The Morgan fingerprint density at radius 2 is 1.43 bits per heavy atom. The second-order valence-electron chi connectivity index (χ2n) is 13.9. The van der Waals surface area contributed by atoms with Gasteiger partial charge < -0.3 is 15.2 Å². The van der Waals surface area contributed by atoms with E-state index in [1.165, 1.54) is 0 Å². The van der Waals surface area contributed by atoms with Gasteiger partial charge in [-0.2, -0.15) is 0 Å². The zero-order valence-corrected chi connectivity index (χ0v) is 30.8. The maximum absolute atomic E-state index is 13.3. The topological polar surface area (TPSA) is 114 Å². The average Bonchev–Trinajstić information content (AvgIpc) is 3.99. The minimum Gasteiger partial charge on any atom is -0.354 e. The third-order valence-electron chi connectivity index (χ3n) is 10.1. The predicted molar refractivity (Wildman–Crippen MR) is 214 cm³/mol. The number of nitrogens with zero attached hydrogens (tertiary/aromatic N) is 3. The Balaban J connectivity index is 1.04. The number of rotatable bonds is 13. The Morgan fingerprint density at radius 3 is 2.06 bits per heavy atom. The fourth-order valence-corrected chi connectivity index (χ4v) is 7.32. The summed E-state index contributed by atoms with van der Waals surface area (Å²) in [6.07, 6.45) is 3.48. The smallest absolute Gasteiger partial charge is 0.354 e. The quantitative estimate of drug-likeness (QED) is 0.116. The van der Waals surface area contributed by atoms with E-state index in [0.29, 0.717) is 36.6 Å². The minimum absolute atomic E-state index is 0.0149. The summed E-state index contributed by atoms with van der Waals surface area (Å²) in [7, 11) is 1.59. The molecule has 10 heteroatoms. The second-order valence-corrected chi connectivity index (χ2v) is 13.9. The predicted octanol–water partition coefficient (Wildman–Crippen LogP) is 7.32. The molecule has 1 saturated heterocycles. The summed E-state index contributed by atoms with van der Waals surface area (Å²) in [5.41, 5.74) is 8.96. The number of nitrogens with one attached hydrogen (secondary N) is 3. The SMILES string of the molecule is CCCN(Cc1nc(-c2ccc(-c3ccc(-c4cbc(C5CCCN5C(=O)Cc5ccccc5)[nH]4)cc3)cc2)c(C(=O)NC)[nH]1)C(=O)Cc1ccccc1. The first kappa shape index (κ1) is 36.3. The number of aromatic nitrogens is 3. The zero-order chi connectivity index (χ0) is 37.4. The van der Waals surface area contributed by atoms with Crippen LogP contribution < -0.4 is 5.32 Å². The third kappa shape index (κ3) is 8.28. The molecule has 1 unspecified atom stereocenters. The first-order valence-electron chi connectivity index (χ1n) is 18.8. The molecule has 3 heterocycles. The summed E-state index contributed by atoms with van der Waals surface area (Å²) in [5, 5.41) is 2.72. The summed E-state index contributed by atoms with van der Waals surface area (Å²) < 4.78 is 0. The number of likely N-dealkylation sites (tertiary alicyclic amines) is 1. The van der Waals surface area contributed by atoms with Gasteiger partial charge in [0.15, 0.2) is 0 Å². The van der Waals surface area contributed by atoms with Crippen molar-refractivity contribution in [2.24, 2.45) is 0 Å². The van der Waals surface area contributed by atoms with Gasteiger partial charge in [0.1, 0.15) is 5.82 Å². The molecule has 0 bridgehead atoms. The number of aromatic amines is 2. The van der Waals surface area contributed by atoms with Gasteiger partial charge in [-0.1, -0.05) is 37.3 Å². The Labute approximate surface area is 317 Å². The van der Waals surface area contributed by atoms with Crippen LogP contribution in [-0.2, 0) is 29.0 Å². The van der Waals surface area contributed by atoms with Crippen molar-refractivity contribution in [3.63, 3.8) is 0 Å². The summed E-state index contributed by atoms with van der Waals surface area (Å²) in [5.74, 6) is 2.57. The molecule has 1 atom stereocenters. The number of carbonyl (C=O) groups is 3. The molecule has 0 aliphatic carbocycles. The summed E-state index contributed by atoms with van der Waals surface area (Å²) in [4.78, 5) is 54.9. The van der Waals surface area contributed by atoms with Crippen molar-refractivity contribution in [3.8, 4) is 33.6 Å². The molecule has 1 fully saturated rings. The van der Waals surface area contributed by atoms with E-state index in [1.807, 2.05) is 96.8 Å². The fraction of sp³-hybridized carbons (Fsp3) is 0.250. The first-order valence-corrected chi connectivity index (χ1v) is 18.8. The van der Waals surface area contributed by atoms with E-state index in [4.69, 9.17) is 4.98 Å². The van der Waals surface area contributed by atoms with E-state index < -0.39 is 0 Å². The van der Waals surface area contributed by atoms with Crippen molar-refractivity contribution in [3.05, 3.63) is 143 Å². The van der Waals surface area contributed by atoms with E-state index in [2.05, 4.69) is 52.4 Å². The monoisotopic (exact) mass is 716 g/mol. The van der Waals surface area contributed by atoms with Gasteiger partial charge >= 0.3 is 200 Å². The molecule has 0 spiro atoms. The Hall–Kier alpha value is -6.03. The molecule has 272 valence electrons. The molecule has 0 radical (unpaired) electrons. The maximum atomic E-state index is 13.3. The number of amides is 3. The molecule has 7 rings (SSSR count). The van der Waals surface area contributed by atoms with Gasteiger partial charge in [0.25, 0.3) is 5.91 Å². The van der Waals surface area contributed by atoms with Crippen LogP contribution in [0.2, 0.25) is 0 Å². The number of carbonyl (C=O) groups excluding carboxylic acids is 3. The molecule has 3 N–H and O–H groups in total. The van der Waals surface area contributed by atoms with Crippen LogP contribution in [0.5, 0.6) is 0 Å². The Bertz CT molecular complexity index is 2200. The molecule has 54 heavy (non-hydrogen) atoms. The van der Waals surface area contributed by atoms with Crippen LogP contribution >= 0.6 is 0 Å². The van der Waals surface area contributed by atoms with Crippen LogP contribution in [0.1, 0.15) is 65.3 Å². The number of H-pyrrole nitrogens is 2. The molecular formula is C44H45BN6O3. The van der Waals surface area contributed by atoms with Crippen molar-refractivity contribution in [1.82, 2.24) is 30.1 Å². The van der Waals surface area contributed by atoms with E-state index in [-0.39, 0.29) is 30.3 Å². The number of hydrogen-bond donors (Lipinski definition) is 3. The van der Waals surface area contributed by atoms with Crippen molar-refractivity contribution in [2.75, 3.05) is 20.1 Å². The fourth-order valence-electron chi connectivity index (χ4n) is 7.32. The van der Waals surface area contributed by atoms with Crippen LogP contribution in [-0.4, -0.2) is 69.5 Å². The van der Waals surface area contributed by atoms with Crippen LogP contribution in [0.15, 0.2) is 115 Å². The molecule has 1 aliphatic rings. The van der Waals surface area contributed by atoms with E-state index in [1.54, 1.807) is 11.9 Å². The molecule has 0 saturated carbocycles. The second kappa shape index (κ2) is 16.8.